The lowest BCUT2D eigenvalue weighted by Crippen LogP contribution is -2.47. The number of carbonyl (C=O) groups excluding carboxylic acids is 1. The molecule has 0 aromatic heterocycles. The number of halogens is 3. The maximum absolute atomic E-state index is 12.3. The number of amides is 1. The molecule has 1 aliphatic carbocycles. The fourth-order valence-corrected chi connectivity index (χ4v) is 3.75. The van der Waals surface area contributed by atoms with Crippen molar-refractivity contribution >= 4 is 41.5 Å². The molecular weight excluding hydrogens is 343 g/mol. The van der Waals surface area contributed by atoms with E-state index in [1.807, 2.05) is 12.1 Å². The third kappa shape index (κ3) is 4.08. The van der Waals surface area contributed by atoms with Crippen LogP contribution in [0.3, 0.4) is 0 Å². The van der Waals surface area contributed by atoms with Gasteiger partial charge in [-0.25, -0.2) is 0 Å². The molecule has 3 nitrogen and oxygen atoms in total. The molecule has 1 heterocycles. The Kier molecular flexibility index (Phi) is 6.00. The molecule has 0 spiro atoms. The van der Waals surface area contributed by atoms with Gasteiger partial charge in [-0.15, -0.1) is 12.4 Å². The summed E-state index contributed by atoms with van der Waals surface area (Å²) in [7, 11) is 0. The molecule has 2 fully saturated rings. The van der Waals surface area contributed by atoms with Gasteiger partial charge in [-0.05, 0) is 56.3 Å². The molecule has 1 amide bonds. The van der Waals surface area contributed by atoms with Gasteiger partial charge >= 0.3 is 0 Å². The van der Waals surface area contributed by atoms with Crippen LogP contribution < -0.4 is 10.6 Å². The molecule has 4 atom stereocenters. The highest BCUT2D eigenvalue weighted by Crippen LogP contribution is 2.50. The first-order chi connectivity index (χ1) is 10.0. The lowest BCUT2D eigenvalue weighted by molar-refractivity contribution is -0.123. The van der Waals surface area contributed by atoms with Gasteiger partial charge in [-0.1, -0.05) is 29.3 Å². The average Bonchev–Trinajstić information content (AvgIpc) is 3.19. The summed E-state index contributed by atoms with van der Waals surface area (Å²) in [6.45, 7) is 3.13. The molecule has 2 N–H and O–H groups in total. The van der Waals surface area contributed by atoms with Crippen LogP contribution in [-0.2, 0) is 4.79 Å². The van der Waals surface area contributed by atoms with E-state index in [1.54, 1.807) is 6.07 Å². The van der Waals surface area contributed by atoms with Gasteiger partial charge in [0.05, 0.1) is 0 Å². The van der Waals surface area contributed by atoms with Crippen LogP contribution in [0.5, 0.6) is 0 Å². The molecule has 2 aliphatic rings. The molecule has 4 unspecified atom stereocenters. The van der Waals surface area contributed by atoms with Gasteiger partial charge in [-0.3, -0.25) is 4.79 Å². The average molecular weight is 364 g/mol. The third-order valence-corrected chi connectivity index (χ3v) is 5.02. The maximum Gasteiger partial charge on any atom is 0.223 e. The minimum absolute atomic E-state index is 0. The van der Waals surface area contributed by atoms with Crippen LogP contribution in [0, 0.1) is 5.92 Å². The number of carbonyl (C=O) groups is 1. The van der Waals surface area contributed by atoms with E-state index in [0.717, 1.165) is 31.4 Å². The predicted molar refractivity (Wildman–Crippen MR) is 93.2 cm³/mol. The van der Waals surface area contributed by atoms with Crippen molar-refractivity contribution in [3.8, 4) is 0 Å². The minimum atomic E-state index is 0. The highest BCUT2D eigenvalue weighted by Gasteiger charge is 2.45. The molecule has 122 valence electrons. The van der Waals surface area contributed by atoms with E-state index in [-0.39, 0.29) is 30.2 Å². The fraction of sp³-hybridized carbons (Fsp3) is 0.562. The first-order valence-corrected chi connectivity index (χ1v) is 8.29. The van der Waals surface area contributed by atoms with Gasteiger partial charge in [0.2, 0.25) is 5.91 Å². The predicted octanol–water partition coefficient (Wildman–Crippen LogP) is 3.78. The van der Waals surface area contributed by atoms with Gasteiger partial charge in [0.15, 0.2) is 0 Å². The second-order valence-corrected chi connectivity index (χ2v) is 7.04. The Balaban J connectivity index is 0.00000176. The molecule has 0 bridgehead atoms. The van der Waals surface area contributed by atoms with Gasteiger partial charge < -0.3 is 10.6 Å². The van der Waals surface area contributed by atoms with E-state index in [0.29, 0.717) is 22.1 Å². The standard InChI is InChI=1S/C16H20Cl2N2O.ClH/c1-9-6-11(4-5-19-9)20-16(21)14-8-13(14)12-3-2-10(17)7-15(12)18;/h2-3,7,9,11,13-14,19H,4-6,8H2,1H3,(H,20,21);1H. The largest absolute Gasteiger partial charge is 0.353 e. The SMILES string of the molecule is CC1CC(NC(=O)C2CC2c2ccc(Cl)cc2Cl)CCN1.Cl. The first kappa shape index (κ1) is 17.9. The summed E-state index contributed by atoms with van der Waals surface area (Å²) >= 11 is 12.1. The van der Waals surface area contributed by atoms with Crippen LogP contribution in [0.25, 0.3) is 0 Å². The molecule has 0 radical (unpaired) electrons. The molecule has 3 rings (SSSR count). The second kappa shape index (κ2) is 7.39. The quantitative estimate of drug-likeness (QED) is 0.858. The normalized spacial score (nSPS) is 30.3. The summed E-state index contributed by atoms with van der Waals surface area (Å²) in [5, 5.41) is 7.89. The van der Waals surface area contributed by atoms with Crippen molar-refractivity contribution < 1.29 is 4.79 Å². The monoisotopic (exact) mass is 362 g/mol. The Morgan fingerprint density at radius 2 is 2.09 bits per heavy atom. The van der Waals surface area contributed by atoms with Crippen molar-refractivity contribution in [3.63, 3.8) is 0 Å². The van der Waals surface area contributed by atoms with Gasteiger partial charge in [0, 0.05) is 28.0 Å². The van der Waals surface area contributed by atoms with Crippen molar-refractivity contribution in [2.45, 2.75) is 44.2 Å². The van der Waals surface area contributed by atoms with E-state index in [4.69, 9.17) is 23.2 Å². The third-order valence-electron chi connectivity index (χ3n) is 4.46. The number of piperidine rings is 1. The fourth-order valence-electron chi connectivity index (χ4n) is 3.20. The minimum Gasteiger partial charge on any atom is -0.353 e. The number of hydrogen-bond acceptors (Lipinski definition) is 2. The van der Waals surface area contributed by atoms with Crippen LogP contribution in [-0.4, -0.2) is 24.5 Å². The zero-order valence-electron chi connectivity index (χ0n) is 12.4. The Hall–Kier alpha value is -0.480. The summed E-state index contributed by atoms with van der Waals surface area (Å²) in [5.74, 6) is 0.480. The van der Waals surface area contributed by atoms with Gasteiger partial charge in [0.1, 0.15) is 0 Å². The van der Waals surface area contributed by atoms with Crippen molar-refractivity contribution in [3.05, 3.63) is 33.8 Å². The van der Waals surface area contributed by atoms with Crippen LogP contribution in [0.4, 0.5) is 0 Å². The molecule has 6 heteroatoms. The summed E-state index contributed by atoms with van der Waals surface area (Å²) < 4.78 is 0. The second-order valence-electron chi connectivity index (χ2n) is 6.20. The van der Waals surface area contributed by atoms with Crippen molar-refractivity contribution in [2.24, 2.45) is 5.92 Å². The van der Waals surface area contributed by atoms with Crippen LogP contribution in [0.2, 0.25) is 10.0 Å². The van der Waals surface area contributed by atoms with Gasteiger partial charge in [0.25, 0.3) is 0 Å². The number of rotatable bonds is 3. The van der Waals surface area contributed by atoms with Crippen LogP contribution in [0.15, 0.2) is 18.2 Å². The summed E-state index contributed by atoms with van der Waals surface area (Å²) in [4.78, 5) is 12.3. The lowest BCUT2D eigenvalue weighted by Gasteiger charge is -2.28. The number of hydrogen-bond donors (Lipinski definition) is 2. The zero-order valence-corrected chi connectivity index (χ0v) is 14.8. The molecule has 1 saturated carbocycles. The smallest absolute Gasteiger partial charge is 0.223 e. The summed E-state index contributed by atoms with van der Waals surface area (Å²) in [6.07, 6.45) is 2.90. The highest BCUT2D eigenvalue weighted by molar-refractivity contribution is 6.35. The van der Waals surface area contributed by atoms with Crippen molar-refractivity contribution in [1.82, 2.24) is 10.6 Å². The first-order valence-electron chi connectivity index (χ1n) is 7.53. The topological polar surface area (TPSA) is 41.1 Å². The number of nitrogens with one attached hydrogen (secondary N) is 2. The molecule has 1 aliphatic heterocycles. The number of benzene rings is 1. The highest BCUT2D eigenvalue weighted by atomic mass is 35.5. The molecule has 1 aromatic rings. The van der Waals surface area contributed by atoms with Crippen LogP contribution >= 0.6 is 35.6 Å². The Morgan fingerprint density at radius 1 is 1.32 bits per heavy atom. The summed E-state index contributed by atoms with van der Waals surface area (Å²) in [5.41, 5.74) is 1.04. The molecule has 22 heavy (non-hydrogen) atoms. The van der Waals surface area contributed by atoms with E-state index in [9.17, 15) is 4.79 Å². The zero-order chi connectivity index (χ0) is 15.0. The van der Waals surface area contributed by atoms with Crippen LogP contribution in [0.1, 0.15) is 37.7 Å². The van der Waals surface area contributed by atoms with E-state index in [1.165, 1.54) is 0 Å². The Bertz CT molecular complexity index is 552. The van der Waals surface area contributed by atoms with E-state index < -0.39 is 0 Å². The summed E-state index contributed by atoms with van der Waals surface area (Å²) in [6, 6.07) is 6.31. The molecule has 1 saturated heterocycles. The molecular formula is C16H21Cl3N2O. The van der Waals surface area contributed by atoms with E-state index >= 15 is 0 Å². The Morgan fingerprint density at radius 3 is 2.77 bits per heavy atom. The maximum atomic E-state index is 12.3. The lowest BCUT2D eigenvalue weighted by atomic mass is 10.0. The van der Waals surface area contributed by atoms with E-state index in [2.05, 4.69) is 17.6 Å². The Labute approximate surface area is 147 Å². The van der Waals surface area contributed by atoms with Crippen molar-refractivity contribution in [1.29, 1.82) is 0 Å². The molecule has 1 aromatic carbocycles. The van der Waals surface area contributed by atoms with Crippen molar-refractivity contribution in [2.75, 3.05) is 6.54 Å². The van der Waals surface area contributed by atoms with Gasteiger partial charge in [-0.2, -0.15) is 0 Å².